The van der Waals surface area contributed by atoms with Gasteiger partial charge in [-0.3, -0.25) is 4.21 Å². The molecule has 1 aromatic rings. The lowest BCUT2D eigenvalue weighted by atomic mass is 10.0. The third-order valence-electron chi connectivity index (χ3n) is 3.17. The van der Waals surface area contributed by atoms with E-state index in [0.29, 0.717) is 4.90 Å². The van der Waals surface area contributed by atoms with Crippen LogP contribution in [-0.2, 0) is 10.8 Å². The first kappa shape index (κ1) is 12.7. The van der Waals surface area contributed by atoms with E-state index < -0.39 is 10.8 Å². The molecule has 1 aliphatic rings. The first-order chi connectivity index (χ1) is 8.19. The van der Waals surface area contributed by atoms with Crippen LogP contribution in [0, 0.1) is 5.82 Å². The van der Waals surface area contributed by atoms with Crippen LogP contribution in [0.3, 0.4) is 0 Å². The number of benzene rings is 1. The summed E-state index contributed by atoms with van der Waals surface area (Å²) in [6, 6.07) is 4.75. The summed E-state index contributed by atoms with van der Waals surface area (Å²) in [4.78, 5) is 0.675. The van der Waals surface area contributed by atoms with Crippen LogP contribution in [0.1, 0.15) is 38.3 Å². The Kier molecular flexibility index (Phi) is 3.94. The average molecular weight is 255 g/mol. The highest BCUT2D eigenvalue weighted by atomic mass is 32.2. The molecule has 2 rings (SSSR count). The largest absolute Gasteiger partial charge is 0.309 e. The second kappa shape index (κ2) is 5.27. The Balaban J connectivity index is 2.39. The van der Waals surface area contributed by atoms with E-state index in [1.165, 1.54) is 12.1 Å². The van der Waals surface area contributed by atoms with Crippen molar-refractivity contribution in [2.45, 2.75) is 42.9 Å². The van der Waals surface area contributed by atoms with E-state index >= 15 is 0 Å². The molecular weight excluding hydrogens is 237 g/mol. The molecular formula is C13H18FNOS. The Bertz CT molecular complexity index is 435. The Hall–Kier alpha value is -0.740. The van der Waals surface area contributed by atoms with E-state index in [-0.39, 0.29) is 17.1 Å². The predicted octanol–water partition coefficient (Wildman–Crippen LogP) is 2.77. The van der Waals surface area contributed by atoms with Crippen LogP contribution < -0.4 is 5.32 Å². The second-order valence-electron chi connectivity index (χ2n) is 4.34. The van der Waals surface area contributed by atoms with Crippen molar-refractivity contribution in [3.05, 3.63) is 29.6 Å². The second-order valence-corrected chi connectivity index (χ2v) is 5.98. The molecule has 1 aromatic carbocycles. The fraction of sp³-hybridized carbons (Fsp3) is 0.538. The van der Waals surface area contributed by atoms with Crippen molar-refractivity contribution in [3.8, 4) is 0 Å². The highest BCUT2D eigenvalue weighted by molar-refractivity contribution is 7.86. The van der Waals surface area contributed by atoms with E-state index in [4.69, 9.17) is 0 Å². The molecule has 1 heterocycles. The molecule has 0 fully saturated rings. The molecule has 17 heavy (non-hydrogen) atoms. The minimum Gasteiger partial charge on any atom is -0.309 e. The van der Waals surface area contributed by atoms with Crippen LogP contribution >= 0.6 is 0 Å². The van der Waals surface area contributed by atoms with Crippen molar-refractivity contribution >= 4 is 10.8 Å². The van der Waals surface area contributed by atoms with Gasteiger partial charge < -0.3 is 5.32 Å². The van der Waals surface area contributed by atoms with Gasteiger partial charge in [-0.2, -0.15) is 0 Å². The summed E-state index contributed by atoms with van der Waals surface area (Å²) in [6.07, 6.45) is 1.90. The zero-order chi connectivity index (χ0) is 12.4. The van der Waals surface area contributed by atoms with E-state index in [0.717, 1.165) is 24.9 Å². The normalized spacial score (nSPS) is 27.1. The molecule has 0 aromatic heterocycles. The van der Waals surface area contributed by atoms with Crippen LogP contribution in [0.4, 0.5) is 4.39 Å². The number of fused-ring (bicyclic) bond motifs is 1. The Labute approximate surface area is 104 Å². The van der Waals surface area contributed by atoms with E-state index in [1.54, 1.807) is 6.07 Å². The quantitative estimate of drug-likeness (QED) is 0.896. The maximum atomic E-state index is 13.2. The summed E-state index contributed by atoms with van der Waals surface area (Å²) in [6.45, 7) is 4.95. The van der Waals surface area contributed by atoms with Gasteiger partial charge in [0.05, 0.1) is 16.0 Å². The van der Waals surface area contributed by atoms with Crippen molar-refractivity contribution in [2.24, 2.45) is 0 Å². The molecule has 3 unspecified atom stereocenters. The van der Waals surface area contributed by atoms with Gasteiger partial charge in [0.2, 0.25) is 0 Å². The van der Waals surface area contributed by atoms with Crippen molar-refractivity contribution in [1.82, 2.24) is 5.32 Å². The monoisotopic (exact) mass is 255 g/mol. The summed E-state index contributed by atoms with van der Waals surface area (Å²) < 4.78 is 25.5. The van der Waals surface area contributed by atoms with Crippen LogP contribution in [0.2, 0.25) is 0 Å². The first-order valence-electron chi connectivity index (χ1n) is 6.12. The fourth-order valence-electron chi connectivity index (χ4n) is 2.45. The highest BCUT2D eigenvalue weighted by Crippen LogP contribution is 2.38. The third kappa shape index (κ3) is 2.29. The third-order valence-corrected chi connectivity index (χ3v) is 5.02. The number of halogens is 1. The van der Waals surface area contributed by atoms with Crippen molar-refractivity contribution in [3.63, 3.8) is 0 Å². The molecule has 0 radical (unpaired) electrons. The van der Waals surface area contributed by atoms with Gasteiger partial charge in [0.25, 0.3) is 0 Å². The lowest BCUT2D eigenvalue weighted by Crippen LogP contribution is -2.29. The summed E-state index contributed by atoms with van der Waals surface area (Å²) in [7, 11) is -1.08. The molecule has 2 nitrogen and oxygen atoms in total. The molecule has 94 valence electrons. The molecule has 0 aliphatic carbocycles. The van der Waals surface area contributed by atoms with Crippen LogP contribution in [0.25, 0.3) is 0 Å². The van der Waals surface area contributed by atoms with E-state index in [9.17, 15) is 8.60 Å². The fourth-order valence-corrected chi connectivity index (χ4v) is 4.37. The van der Waals surface area contributed by atoms with Gasteiger partial charge >= 0.3 is 0 Å². The number of hydrogen-bond acceptors (Lipinski definition) is 2. The first-order valence-corrected chi connectivity index (χ1v) is 7.33. The Morgan fingerprint density at radius 1 is 1.41 bits per heavy atom. The van der Waals surface area contributed by atoms with Gasteiger partial charge in [-0.05, 0) is 30.7 Å². The minimum absolute atomic E-state index is 0.0803. The molecule has 0 bridgehead atoms. The van der Waals surface area contributed by atoms with Crippen molar-refractivity contribution < 1.29 is 8.60 Å². The summed E-state index contributed by atoms with van der Waals surface area (Å²) in [5, 5.41) is 3.45. The average Bonchev–Trinajstić information content (AvgIpc) is 2.56. The van der Waals surface area contributed by atoms with Crippen molar-refractivity contribution in [2.75, 3.05) is 6.54 Å². The molecule has 4 heteroatoms. The zero-order valence-electron chi connectivity index (χ0n) is 10.2. The molecule has 0 saturated heterocycles. The molecule has 3 atom stereocenters. The van der Waals surface area contributed by atoms with Gasteiger partial charge in [0.1, 0.15) is 5.82 Å². The topological polar surface area (TPSA) is 29.1 Å². The Morgan fingerprint density at radius 2 is 2.18 bits per heavy atom. The predicted molar refractivity (Wildman–Crippen MR) is 67.9 cm³/mol. The lowest BCUT2D eigenvalue weighted by Gasteiger charge is -2.19. The van der Waals surface area contributed by atoms with Gasteiger partial charge in [-0.25, -0.2) is 4.39 Å². The molecule has 0 spiro atoms. The van der Waals surface area contributed by atoms with Gasteiger partial charge in [0, 0.05) is 10.9 Å². The molecule has 1 aliphatic heterocycles. The van der Waals surface area contributed by atoms with E-state index in [1.807, 2.05) is 6.92 Å². The smallest absolute Gasteiger partial charge is 0.124 e. The minimum atomic E-state index is -1.08. The van der Waals surface area contributed by atoms with E-state index in [2.05, 4.69) is 12.2 Å². The molecule has 1 N–H and O–H groups in total. The lowest BCUT2D eigenvalue weighted by molar-refractivity contribution is 0.506. The SMILES string of the molecule is CCCC1C(NCC)c2ccc(F)cc2S1=O. The summed E-state index contributed by atoms with van der Waals surface area (Å²) in [5.41, 5.74) is 1.00. The van der Waals surface area contributed by atoms with Crippen molar-refractivity contribution in [1.29, 1.82) is 0 Å². The maximum Gasteiger partial charge on any atom is 0.124 e. The standard InChI is InChI=1S/C13H18FNOS/c1-3-5-11-13(15-4-2)10-7-6-9(14)8-12(10)17(11)16/h6-8,11,13,15H,3-5H2,1-2H3. The van der Waals surface area contributed by atoms with Crippen LogP contribution in [0.15, 0.2) is 23.1 Å². The summed E-state index contributed by atoms with van der Waals surface area (Å²) >= 11 is 0. The number of rotatable bonds is 4. The van der Waals surface area contributed by atoms with Crippen LogP contribution in [-0.4, -0.2) is 16.0 Å². The van der Waals surface area contributed by atoms with Gasteiger partial charge in [0.15, 0.2) is 0 Å². The van der Waals surface area contributed by atoms with Gasteiger partial charge in [-0.1, -0.05) is 26.3 Å². The van der Waals surface area contributed by atoms with Crippen LogP contribution in [0.5, 0.6) is 0 Å². The summed E-state index contributed by atoms with van der Waals surface area (Å²) in [5.74, 6) is -0.301. The maximum absolute atomic E-state index is 13.2. The zero-order valence-corrected chi connectivity index (χ0v) is 11.0. The number of nitrogens with one attached hydrogen (secondary N) is 1. The number of hydrogen-bond donors (Lipinski definition) is 1. The van der Waals surface area contributed by atoms with Gasteiger partial charge in [-0.15, -0.1) is 0 Å². The molecule has 0 amide bonds. The highest BCUT2D eigenvalue weighted by Gasteiger charge is 2.37. The molecule has 0 saturated carbocycles. The Morgan fingerprint density at radius 3 is 2.82 bits per heavy atom.